The second-order valence-electron chi connectivity index (χ2n) is 4.72. The van der Waals surface area contributed by atoms with Gasteiger partial charge in [-0.1, -0.05) is 48.5 Å². The Balaban J connectivity index is 2.09. The summed E-state index contributed by atoms with van der Waals surface area (Å²) in [7, 11) is 0. The Morgan fingerprint density at radius 2 is 1.76 bits per heavy atom. The molecule has 0 aromatic heterocycles. The van der Waals surface area contributed by atoms with E-state index < -0.39 is 0 Å². The van der Waals surface area contributed by atoms with Crippen molar-refractivity contribution < 1.29 is 4.92 Å². The van der Waals surface area contributed by atoms with Gasteiger partial charge < -0.3 is 0 Å². The third-order valence-electron chi connectivity index (χ3n) is 3.22. The van der Waals surface area contributed by atoms with Gasteiger partial charge in [-0.25, -0.2) is 4.99 Å². The molecule has 0 bridgehead atoms. The first kappa shape index (κ1) is 13.2. The van der Waals surface area contributed by atoms with E-state index in [1.54, 1.807) is 0 Å². The molecule has 2 aromatic carbocycles. The molecule has 0 spiro atoms. The summed E-state index contributed by atoms with van der Waals surface area (Å²) in [6.45, 7) is -0.0280. The SMILES string of the molecule is O=[N+]([O-])CC1=Nc2ccccc2C(c2ccccc2)=NC1. The monoisotopic (exact) mass is 279 g/mol. The largest absolute Gasteiger partial charge is 0.278 e. The zero-order valence-electron chi connectivity index (χ0n) is 11.3. The maximum atomic E-state index is 10.7. The molecule has 104 valence electrons. The summed E-state index contributed by atoms with van der Waals surface area (Å²) in [4.78, 5) is 19.3. The number of hydrogen-bond acceptors (Lipinski definition) is 4. The maximum Gasteiger partial charge on any atom is 0.243 e. The molecule has 1 aliphatic heterocycles. The van der Waals surface area contributed by atoms with E-state index in [-0.39, 0.29) is 18.0 Å². The fourth-order valence-corrected chi connectivity index (χ4v) is 2.31. The van der Waals surface area contributed by atoms with Crippen LogP contribution in [0.2, 0.25) is 0 Å². The van der Waals surface area contributed by atoms with Gasteiger partial charge in [0, 0.05) is 16.1 Å². The fourth-order valence-electron chi connectivity index (χ4n) is 2.31. The van der Waals surface area contributed by atoms with E-state index in [2.05, 4.69) is 9.98 Å². The molecule has 0 atom stereocenters. The van der Waals surface area contributed by atoms with E-state index in [1.807, 2.05) is 54.6 Å². The number of hydrogen-bond donors (Lipinski definition) is 0. The van der Waals surface area contributed by atoms with Crippen LogP contribution in [0.4, 0.5) is 5.69 Å². The first-order valence-corrected chi connectivity index (χ1v) is 6.61. The van der Waals surface area contributed by atoms with E-state index in [4.69, 9.17) is 0 Å². The van der Waals surface area contributed by atoms with Gasteiger partial charge >= 0.3 is 0 Å². The quantitative estimate of drug-likeness (QED) is 0.640. The zero-order chi connectivity index (χ0) is 14.7. The van der Waals surface area contributed by atoms with E-state index in [0.29, 0.717) is 5.71 Å². The molecule has 0 saturated heterocycles. The van der Waals surface area contributed by atoms with Crippen LogP contribution < -0.4 is 0 Å². The van der Waals surface area contributed by atoms with Crippen molar-refractivity contribution in [3.63, 3.8) is 0 Å². The molecule has 0 amide bonds. The Hall–Kier alpha value is -2.82. The van der Waals surface area contributed by atoms with Crippen LogP contribution in [0.15, 0.2) is 64.6 Å². The molecule has 5 heteroatoms. The van der Waals surface area contributed by atoms with Crippen LogP contribution in [-0.4, -0.2) is 29.4 Å². The minimum Gasteiger partial charge on any atom is -0.278 e. The van der Waals surface area contributed by atoms with Gasteiger partial charge in [-0.15, -0.1) is 0 Å². The van der Waals surface area contributed by atoms with Crippen LogP contribution in [0.5, 0.6) is 0 Å². The fraction of sp³-hybridized carbons (Fsp3) is 0.125. The molecule has 2 aromatic rings. The predicted molar refractivity (Wildman–Crippen MR) is 82.3 cm³/mol. The molecule has 0 saturated carbocycles. The first-order valence-electron chi connectivity index (χ1n) is 6.61. The summed E-state index contributed by atoms with van der Waals surface area (Å²) in [5.74, 6) is 0. The second-order valence-corrected chi connectivity index (χ2v) is 4.72. The Bertz CT molecular complexity index is 736. The predicted octanol–water partition coefficient (Wildman–Crippen LogP) is 2.89. The van der Waals surface area contributed by atoms with Gasteiger partial charge in [0.15, 0.2) is 0 Å². The third-order valence-corrected chi connectivity index (χ3v) is 3.22. The van der Waals surface area contributed by atoms with Crippen molar-refractivity contribution in [2.75, 3.05) is 13.1 Å². The number of fused-ring (bicyclic) bond motifs is 1. The Morgan fingerprint density at radius 3 is 2.52 bits per heavy atom. The summed E-state index contributed by atoms with van der Waals surface area (Å²) >= 11 is 0. The van der Waals surface area contributed by atoms with Crippen molar-refractivity contribution in [2.45, 2.75) is 0 Å². The summed E-state index contributed by atoms with van der Waals surface area (Å²) in [6.07, 6.45) is 0. The Morgan fingerprint density at radius 1 is 1.05 bits per heavy atom. The third kappa shape index (κ3) is 2.86. The average molecular weight is 279 g/mol. The van der Waals surface area contributed by atoms with Crippen molar-refractivity contribution >= 4 is 17.1 Å². The molecule has 0 radical (unpaired) electrons. The van der Waals surface area contributed by atoms with Gasteiger partial charge in [-0.3, -0.25) is 15.1 Å². The molecule has 0 aliphatic carbocycles. The molecule has 5 nitrogen and oxygen atoms in total. The number of aliphatic imine (C=N–C) groups is 2. The highest BCUT2D eigenvalue weighted by Crippen LogP contribution is 2.25. The summed E-state index contributed by atoms with van der Waals surface area (Å²) in [5.41, 5.74) is 3.92. The highest BCUT2D eigenvalue weighted by molar-refractivity contribution is 6.17. The smallest absolute Gasteiger partial charge is 0.243 e. The first-order chi connectivity index (χ1) is 10.2. The van der Waals surface area contributed by atoms with Crippen molar-refractivity contribution in [3.05, 3.63) is 75.8 Å². The lowest BCUT2D eigenvalue weighted by Crippen LogP contribution is -2.16. The second kappa shape index (κ2) is 5.66. The van der Waals surface area contributed by atoms with Crippen molar-refractivity contribution in [1.82, 2.24) is 0 Å². The molecular formula is C16H13N3O2. The topological polar surface area (TPSA) is 67.9 Å². The number of rotatable bonds is 3. The van der Waals surface area contributed by atoms with Gasteiger partial charge in [0.2, 0.25) is 6.54 Å². The Kier molecular flexibility index (Phi) is 3.55. The van der Waals surface area contributed by atoms with E-state index in [9.17, 15) is 10.1 Å². The van der Waals surface area contributed by atoms with Gasteiger partial charge in [-0.05, 0) is 6.07 Å². The average Bonchev–Trinajstić information content (AvgIpc) is 2.66. The zero-order valence-corrected chi connectivity index (χ0v) is 11.3. The van der Waals surface area contributed by atoms with E-state index in [0.717, 1.165) is 22.5 Å². The molecule has 1 aliphatic rings. The van der Waals surface area contributed by atoms with E-state index >= 15 is 0 Å². The highest BCUT2D eigenvalue weighted by atomic mass is 16.6. The van der Waals surface area contributed by atoms with Crippen LogP contribution in [0.3, 0.4) is 0 Å². The molecule has 0 unspecified atom stereocenters. The van der Waals surface area contributed by atoms with Crippen LogP contribution in [0.1, 0.15) is 11.1 Å². The van der Waals surface area contributed by atoms with Crippen molar-refractivity contribution in [1.29, 1.82) is 0 Å². The summed E-state index contributed by atoms with van der Waals surface area (Å²) < 4.78 is 0. The number of benzene rings is 2. The number of nitrogens with zero attached hydrogens (tertiary/aromatic N) is 3. The minimum absolute atomic E-state index is 0.250. The van der Waals surface area contributed by atoms with Gasteiger partial charge in [0.05, 0.1) is 17.9 Å². The van der Waals surface area contributed by atoms with E-state index in [1.165, 1.54) is 0 Å². The van der Waals surface area contributed by atoms with Gasteiger partial charge in [0.25, 0.3) is 0 Å². The molecule has 0 fully saturated rings. The maximum absolute atomic E-state index is 10.7. The lowest BCUT2D eigenvalue weighted by Gasteiger charge is -2.07. The highest BCUT2D eigenvalue weighted by Gasteiger charge is 2.17. The summed E-state index contributed by atoms with van der Waals surface area (Å²) in [6, 6.07) is 17.4. The summed E-state index contributed by atoms with van der Waals surface area (Å²) in [5, 5.41) is 10.7. The molecular weight excluding hydrogens is 266 g/mol. The standard InChI is InChI=1S/C16H13N3O2/c20-19(21)11-13-10-17-16(12-6-2-1-3-7-12)14-8-4-5-9-15(14)18-13/h1-9H,10-11H2. The Labute approximate surface area is 121 Å². The van der Waals surface area contributed by atoms with Crippen LogP contribution in [0.25, 0.3) is 0 Å². The van der Waals surface area contributed by atoms with Gasteiger partial charge in [0.1, 0.15) is 5.71 Å². The van der Waals surface area contributed by atoms with Crippen molar-refractivity contribution in [2.24, 2.45) is 9.98 Å². The lowest BCUT2D eigenvalue weighted by molar-refractivity contribution is -0.463. The minimum atomic E-state index is -0.371. The van der Waals surface area contributed by atoms with Gasteiger partial charge in [-0.2, -0.15) is 0 Å². The molecule has 1 heterocycles. The normalized spacial score (nSPS) is 13.7. The van der Waals surface area contributed by atoms with Crippen LogP contribution in [0, 0.1) is 10.1 Å². The van der Waals surface area contributed by atoms with Crippen LogP contribution >= 0.6 is 0 Å². The number of nitro groups is 1. The molecule has 21 heavy (non-hydrogen) atoms. The number of para-hydroxylation sites is 1. The molecule has 3 rings (SSSR count). The lowest BCUT2D eigenvalue weighted by atomic mass is 10.0. The van der Waals surface area contributed by atoms with Crippen LogP contribution in [-0.2, 0) is 0 Å². The van der Waals surface area contributed by atoms with Crippen molar-refractivity contribution in [3.8, 4) is 0 Å². The molecule has 0 N–H and O–H groups in total.